The molecule has 2 aliphatic rings. The quantitative estimate of drug-likeness (QED) is 0.776. The monoisotopic (exact) mass is 357 g/mol. The van der Waals surface area contributed by atoms with Crippen LogP contribution in [0.3, 0.4) is 0 Å². The molecular weight excluding hydrogens is 330 g/mol. The highest BCUT2D eigenvalue weighted by molar-refractivity contribution is 6.13. The van der Waals surface area contributed by atoms with Crippen molar-refractivity contribution in [2.75, 3.05) is 0 Å². The fourth-order valence-electron chi connectivity index (χ4n) is 3.58. The van der Waals surface area contributed by atoms with Gasteiger partial charge in [0.2, 0.25) is 0 Å². The van der Waals surface area contributed by atoms with Gasteiger partial charge in [-0.2, -0.15) is 0 Å². The van der Waals surface area contributed by atoms with Crippen LogP contribution in [-0.2, 0) is 20.7 Å². The van der Waals surface area contributed by atoms with Crippen molar-refractivity contribution in [2.24, 2.45) is 0 Å². The molecule has 0 radical (unpaired) electrons. The van der Waals surface area contributed by atoms with Crippen molar-refractivity contribution in [3.05, 3.63) is 41.5 Å². The SMILES string of the molecule is CC(C)(C)Oc1cccc2c1[C@H](N1C(=O)C=CC1=O)[C@@H](OC(C)(C)C)C2. The molecule has 2 amide bonds. The van der Waals surface area contributed by atoms with E-state index in [1.165, 1.54) is 17.1 Å². The van der Waals surface area contributed by atoms with E-state index in [2.05, 4.69) is 0 Å². The van der Waals surface area contributed by atoms with E-state index >= 15 is 0 Å². The first-order valence-electron chi connectivity index (χ1n) is 9.00. The second-order valence-electron chi connectivity index (χ2n) is 8.84. The van der Waals surface area contributed by atoms with Gasteiger partial charge in [-0.1, -0.05) is 12.1 Å². The first-order valence-corrected chi connectivity index (χ1v) is 9.00. The molecule has 0 fully saturated rings. The lowest BCUT2D eigenvalue weighted by Gasteiger charge is -2.34. The average Bonchev–Trinajstić information content (AvgIpc) is 2.96. The first-order chi connectivity index (χ1) is 12.0. The van der Waals surface area contributed by atoms with Gasteiger partial charge in [0, 0.05) is 24.1 Å². The van der Waals surface area contributed by atoms with E-state index in [1.807, 2.05) is 59.7 Å². The first kappa shape index (κ1) is 18.6. The lowest BCUT2D eigenvalue weighted by atomic mass is 10.0. The zero-order chi connectivity index (χ0) is 19.3. The van der Waals surface area contributed by atoms with Gasteiger partial charge in [0.1, 0.15) is 11.4 Å². The third-order valence-corrected chi connectivity index (χ3v) is 4.27. The fraction of sp³-hybridized carbons (Fsp3) is 0.524. The van der Waals surface area contributed by atoms with Crippen LogP contribution < -0.4 is 4.74 Å². The second kappa shape index (κ2) is 6.23. The van der Waals surface area contributed by atoms with Crippen LogP contribution in [0.25, 0.3) is 0 Å². The number of rotatable bonds is 3. The Morgan fingerprint density at radius 2 is 1.58 bits per heavy atom. The van der Waals surface area contributed by atoms with E-state index in [4.69, 9.17) is 9.47 Å². The molecule has 0 saturated carbocycles. The fourth-order valence-corrected chi connectivity index (χ4v) is 3.58. The van der Waals surface area contributed by atoms with E-state index in [9.17, 15) is 9.59 Å². The summed E-state index contributed by atoms with van der Waals surface area (Å²) < 4.78 is 12.4. The number of hydrogen-bond donors (Lipinski definition) is 0. The molecule has 5 heteroatoms. The number of hydrogen-bond acceptors (Lipinski definition) is 4. The number of ether oxygens (including phenoxy) is 2. The summed E-state index contributed by atoms with van der Waals surface area (Å²) in [5, 5.41) is 0. The maximum Gasteiger partial charge on any atom is 0.254 e. The van der Waals surface area contributed by atoms with Crippen molar-refractivity contribution in [2.45, 2.75) is 71.3 Å². The lowest BCUT2D eigenvalue weighted by Crippen LogP contribution is -2.42. The zero-order valence-corrected chi connectivity index (χ0v) is 16.3. The summed E-state index contributed by atoms with van der Waals surface area (Å²) in [6.45, 7) is 11.9. The molecule has 2 atom stereocenters. The molecule has 1 aromatic rings. The molecule has 0 bridgehead atoms. The number of amides is 2. The third kappa shape index (κ3) is 3.68. The molecule has 0 unspecified atom stereocenters. The summed E-state index contributed by atoms with van der Waals surface area (Å²) in [5.74, 6) is 0.0920. The summed E-state index contributed by atoms with van der Waals surface area (Å²) >= 11 is 0. The van der Waals surface area contributed by atoms with E-state index in [0.29, 0.717) is 12.2 Å². The van der Waals surface area contributed by atoms with Crippen LogP contribution in [0.15, 0.2) is 30.4 Å². The van der Waals surface area contributed by atoms with E-state index in [0.717, 1.165) is 11.1 Å². The molecule has 0 aromatic heterocycles. The number of fused-ring (bicyclic) bond motifs is 1. The predicted molar refractivity (Wildman–Crippen MR) is 98.9 cm³/mol. The van der Waals surface area contributed by atoms with Gasteiger partial charge in [-0.25, -0.2) is 0 Å². The maximum atomic E-state index is 12.4. The number of carbonyl (C=O) groups excluding carboxylic acids is 2. The Balaban J connectivity index is 2.08. The Kier molecular flexibility index (Phi) is 4.47. The van der Waals surface area contributed by atoms with Crippen molar-refractivity contribution in [1.29, 1.82) is 0 Å². The standard InChI is InChI=1S/C21H27NO4/c1-20(2,3)25-14-9-7-8-13-12-15(26-21(4,5)6)19(18(13)14)22-16(23)10-11-17(22)24/h7-11,15,19H,12H2,1-6H3/t15-,19+/m0/s1. The Bertz CT molecular complexity index is 749. The number of benzene rings is 1. The molecule has 1 aromatic carbocycles. The number of carbonyl (C=O) groups is 2. The van der Waals surface area contributed by atoms with E-state index in [-0.39, 0.29) is 23.5 Å². The van der Waals surface area contributed by atoms with Gasteiger partial charge in [-0.05, 0) is 53.2 Å². The minimum absolute atomic E-state index is 0.303. The molecular formula is C21H27NO4. The molecule has 0 saturated heterocycles. The number of imide groups is 1. The summed E-state index contributed by atoms with van der Waals surface area (Å²) in [5.41, 5.74) is 1.15. The molecule has 3 rings (SSSR count). The van der Waals surface area contributed by atoms with Gasteiger partial charge in [0.25, 0.3) is 11.8 Å². The Labute approximate surface area is 155 Å². The van der Waals surface area contributed by atoms with Gasteiger partial charge in [-0.3, -0.25) is 14.5 Å². The highest BCUT2D eigenvalue weighted by Crippen LogP contribution is 2.45. The Morgan fingerprint density at radius 1 is 0.962 bits per heavy atom. The summed E-state index contributed by atoms with van der Waals surface area (Å²) in [7, 11) is 0. The molecule has 1 heterocycles. The topological polar surface area (TPSA) is 55.8 Å². The largest absolute Gasteiger partial charge is 0.488 e. The molecule has 0 spiro atoms. The second-order valence-corrected chi connectivity index (χ2v) is 8.84. The number of nitrogens with zero attached hydrogens (tertiary/aromatic N) is 1. The van der Waals surface area contributed by atoms with Crippen molar-refractivity contribution in [1.82, 2.24) is 4.90 Å². The van der Waals surface area contributed by atoms with Crippen LogP contribution in [0, 0.1) is 0 Å². The average molecular weight is 357 g/mol. The molecule has 1 aliphatic heterocycles. The zero-order valence-electron chi connectivity index (χ0n) is 16.3. The van der Waals surface area contributed by atoms with Crippen LogP contribution in [0.4, 0.5) is 0 Å². The third-order valence-electron chi connectivity index (χ3n) is 4.27. The predicted octanol–water partition coefficient (Wildman–Crippen LogP) is 3.57. The molecule has 5 nitrogen and oxygen atoms in total. The normalized spacial score (nSPS) is 22.9. The minimum atomic E-state index is -0.488. The van der Waals surface area contributed by atoms with Crippen LogP contribution >= 0.6 is 0 Å². The Morgan fingerprint density at radius 3 is 2.12 bits per heavy atom. The molecule has 0 N–H and O–H groups in total. The van der Waals surface area contributed by atoms with Gasteiger partial charge in [0.05, 0.1) is 17.7 Å². The van der Waals surface area contributed by atoms with Crippen LogP contribution in [0.1, 0.15) is 58.7 Å². The molecule has 140 valence electrons. The summed E-state index contributed by atoms with van der Waals surface area (Å²) in [6.07, 6.45) is 2.97. The van der Waals surface area contributed by atoms with Gasteiger partial charge >= 0.3 is 0 Å². The minimum Gasteiger partial charge on any atom is -0.488 e. The Hall–Kier alpha value is -2.14. The lowest BCUT2D eigenvalue weighted by molar-refractivity contribution is -0.148. The summed E-state index contributed by atoms with van der Waals surface area (Å²) in [4.78, 5) is 26.1. The van der Waals surface area contributed by atoms with Gasteiger partial charge < -0.3 is 9.47 Å². The van der Waals surface area contributed by atoms with Gasteiger partial charge in [-0.15, -0.1) is 0 Å². The van der Waals surface area contributed by atoms with Crippen molar-refractivity contribution in [3.63, 3.8) is 0 Å². The highest BCUT2D eigenvalue weighted by Gasteiger charge is 2.46. The molecule has 1 aliphatic carbocycles. The van der Waals surface area contributed by atoms with Crippen LogP contribution in [0.2, 0.25) is 0 Å². The van der Waals surface area contributed by atoms with Crippen LogP contribution in [-0.4, -0.2) is 34.0 Å². The van der Waals surface area contributed by atoms with Crippen molar-refractivity contribution in [3.8, 4) is 5.75 Å². The maximum absolute atomic E-state index is 12.4. The van der Waals surface area contributed by atoms with E-state index < -0.39 is 11.6 Å². The summed E-state index contributed by atoms with van der Waals surface area (Å²) in [6, 6.07) is 5.37. The van der Waals surface area contributed by atoms with Crippen molar-refractivity contribution >= 4 is 11.8 Å². The van der Waals surface area contributed by atoms with Crippen LogP contribution in [0.5, 0.6) is 5.75 Å². The van der Waals surface area contributed by atoms with Gasteiger partial charge in [0.15, 0.2) is 0 Å². The van der Waals surface area contributed by atoms with Crippen molar-refractivity contribution < 1.29 is 19.1 Å². The highest BCUT2D eigenvalue weighted by atomic mass is 16.5. The van der Waals surface area contributed by atoms with E-state index in [1.54, 1.807) is 0 Å². The smallest absolute Gasteiger partial charge is 0.254 e. The molecule has 26 heavy (non-hydrogen) atoms.